The Bertz CT molecular complexity index is 176. The lowest BCUT2D eigenvalue weighted by atomic mass is 10.1. The molecular formula is C16H34N2. The van der Waals surface area contributed by atoms with Gasteiger partial charge in [0.1, 0.15) is 0 Å². The van der Waals surface area contributed by atoms with Gasteiger partial charge in [-0.15, -0.1) is 0 Å². The molecule has 1 aliphatic rings. The maximum absolute atomic E-state index is 3.47. The number of rotatable bonds is 11. The van der Waals surface area contributed by atoms with Crippen LogP contribution in [0.4, 0.5) is 0 Å². The van der Waals surface area contributed by atoms with Crippen molar-refractivity contribution < 1.29 is 0 Å². The van der Waals surface area contributed by atoms with E-state index in [4.69, 9.17) is 0 Å². The molecule has 1 rings (SSSR count). The van der Waals surface area contributed by atoms with E-state index in [0.717, 1.165) is 5.92 Å². The number of nitrogens with zero attached hydrogens (tertiary/aromatic N) is 1. The molecule has 1 N–H and O–H groups in total. The summed E-state index contributed by atoms with van der Waals surface area (Å²) in [5.41, 5.74) is 0. The lowest BCUT2D eigenvalue weighted by Crippen LogP contribution is -2.25. The molecule has 0 heterocycles. The van der Waals surface area contributed by atoms with Crippen molar-refractivity contribution in [2.75, 3.05) is 33.2 Å². The van der Waals surface area contributed by atoms with Gasteiger partial charge < -0.3 is 10.2 Å². The van der Waals surface area contributed by atoms with Crippen LogP contribution in [-0.4, -0.2) is 38.1 Å². The Hall–Kier alpha value is -0.0800. The standard InChI is InChI=1S/C16H34N2/c1-3-12-17-13-8-4-5-9-14-18(2)15-16-10-6-7-11-16/h16-17H,3-15H2,1-2H3. The second kappa shape index (κ2) is 10.8. The Morgan fingerprint density at radius 3 is 2.44 bits per heavy atom. The zero-order valence-electron chi connectivity index (χ0n) is 12.7. The summed E-state index contributed by atoms with van der Waals surface area (Å²) in [6.45, 7) is 7.28. The molecule has 1 aliphatic carbocycles. The lowest BCUT2D eigenvalue weighted by molar-refractivity contribution is 0.272. The van der Waals surface area contributed by atoms with E-state index in [1.165, 1.54) is 84.0 Å². The van der Waals surface area contributed by atoms with Crippen molar-refractivity contribution in [3.05, 3.63) is 0 Å². The van der Waals surface area contributed by atoms with E-state index in [0.29, 0.717) is 0 Å². The minimum Gasteiger partial charge on any atom is -0.317 e. The van der Waals surface area contributed by atoms with Gasteiger partial charge in [-0.25, -0.2) is 0 Å². The zero-order valence-corrected chi connectivity index (χ0v) is 12.7. The second-order valence-corrected chi connectivity index (χ2v) is 6.08. The van der Waals surface area contributed by atoms with Gasteiger partial charge in [0, 0.05) is 6.54 Å². The summed E-state index contributed by atoms with van der Waals surface area (Å²) >= 11 is 0. The van der Waals surface area contributed by atoms with Crippen LogP contribution in [0.2, 0.25) is 0 Å². The van der Waals surface area contributed by atoms with Gasteiger partial charge in [-0.1, -0.05) is 32.6 Å². The molecule has 108 valence electrons. The van der Waals surface area contributed by atoms with Crippen molar-refractivity contribution in [1.29, 1.82) is 0 Å². The third kappa shape index (κ3) is 8.10. The van der Waals surface area contributed by atoms with Crippen LogP contribution in [0.3, 0.4) is 0 Å². The number of nitrogens with one attached hydrogen (secondary N) is 1. The SMILES string of the molecule is CCCNCCCCCCN(C)CC1CCCC1. The van der Waals surface area contributed by atoms with E-state index in [-0.39, 0.29) is 0 Å². The molecule has 1 fully saturated rings. The van der Waals surface area contributed by atoms with Crippen LogP contribution in [0, 0.1) is 5.92 Å². The molecule has 0 radical (unpaired) electrons. The predicted octanol–water partition coefficient (Wildman–Crippen LogP) is 3.67. The van der Waals surface area contributed by atoms with Gasteiger partial charge in [-0.2, -0.15) is 0 Å². The van der Waals surface area contributed by atoms with Crippen LogP contribution in [0.1, 0.15) is 64.7 Å². The summed E-state index contributed by atoms with van der Waals surface area (Å²) < 4.78 is 0. The largest absolute Gasteiger partial charge is 0.317 e. The molecule has 0 bridgehead atoms. The fourth-order valence-corrected chi connectivity index (χ4v) is 3.01. The van der Waals surface area contributed by atoms with Crippen LogP contribution in [0.25, 0.3) is 0 Å². The molecule has 0 unspecified atom stereocenters. The highest BCUT2D eigenvalue weighted by Crippen LogP contribution is 2.25. The van der Waals surface area contributed by atoms with E-state index in [1.807, 2.05) is 0 Å². The molecule has 0 aromatic heterocycles. The van der Waals surface area contributed by atoms with Crippen LogP contribution < -0.4 is 5.32 Å². The van der Waals surface area contributed by atoms with Crippen LogP contribution in [0.5, 0.6) is 0 Å². The van der Waals surface area contributed by atoms with Crippen LogP contribution in [-0.2, 0) is 0 Å². The van der Waals surface area contributed by atoms with Gasteiger partial charge in [0.25, 0.3) is 0 Å². The molecule has 2 heteroatoms. The Kier molecular flexibility index (Phi) is 9.59. The van der Waals surface area contributed by atoms with Crippen LogP contribution in [0.15, 0.2) is 0 Å². The first-order valence-corrected chi connectivity index (χ1v) is 8.22. The monoisotopic (exact) mass is 254 g/mol. The first-order chi connectivity index (χ1) is 8.83. The Morgan fingerprint density at radius 2 is 1.72 bits per heavy atom. The molecule has 0 aromatic carbocycles. The van der Waals surface area contributed by atoms with Crippen molar-refractivity contribution in [3.8, 4) is 0 Å². The minimum absolute atomic E-state index is 1.01. The molecule has 2 nitrogen and oxygen atoms in total. The van der Waals surface area contributed by atoms with Gasteiger partial charge in [-0.05, 0) is 64.7 Å². The summed E-state index contributed by atoms with van der Waals surface area (Å²) in [5, 5.41) is 3.47. The summed E-state index contributed by atoms with van der Waals surface area (Å²) in [4.78, 5) is 2.56. The van der Waals surface area contributed by atoms with Gasteiger partial charge in [-0.3, -0.25) is 0 Å². The number of unbranched alkanes of at least 4 members (excludes halogenated alkanes) is 3. The van der Waals surface area contributed by atoms with E-state index in [1.54, 1.807) is 0 Å². The van der Waals surface area contributed by atoms with Crippen molar-refractivity contribution in [2.24, 2.45) is 5.92 Å². The van der Waals surface area contributed by atoms with Crippen molar-refractivity contribution in [3.63, 3.8) is 0 Å². The first kappa shape index (κ1) is 16.0. The van der Waals surface area contributed by atoms with Crippen molar-refractivity contribution in [2.45, 2.75) is 64.7 Å². The fraction of sp³-hybridized carbons (Fsp3) is 1.00. The molecule has 0 amide bonds. The molecule has 0 aliphatic heterocycles. The summed E-state index contributed by atoms with van der Waals surface area (Å²) in [5.74, 6) is 1.01. The van der Waals surface area contributed by atoms with Gasteiger partial charge in [0.15, 0.2) is 0 Å². The molecule has 0 atom stereocenters. The minimum atomic E-state index is 1.01. The van der Waals surface area contributed by atoms with Gasteiger partial charge in [0.05, 0.1) is 0 Å². The number of hydrogen-bond donors (Lipinski definition) is 1. The average Bonchev–Trinajstić information content (AvgIpc) is 2.85. The van der Waals surface area contributed by atoms with Crippen molar-refractivity contribution in [1.82, 2.24) is 10.2 Å². The van der Waals surface area contributed by atoms with E-state index in [2.05, 4.69) is 24.2 Å². The Labute approximate surface area is 115 Å². The second-order valence-electron chi connectivity index (χ2n) is 6.08. The summed E-state index contributed by atoms with van der Waals surface area (Å²) in [7, 11) is 2.31. The Balaban J connectivity index is 1.81. The maximum Gasteiger partial charge on any atom is 0.000661 e. The van der Waals surface area contributed by atoms with Gasteiger partial charge in [0.2, 0.25) is 0 Å². The molecular weight excluding hydrogens is 220 g/mol. The Morgan fingerprint density at radius 1 is 1.00 bits per heavy atom. The molecule has 0 saturated heterocycles. The lowest BCUT2D eigenvalue weighted by Gasteiger charge is -2.20. The maximum atomic E-state index is 3.47. The van der Waals surface area contributed by atoms with Gasteiger partial charge >= 0.3 is 0 Å². The predicted molar refractivity (Wildman–Crippen MR) is 81.1 cm³/mol. The smallest absolute Gasteiger partial charge is 0.000661 e. The van der Waals surface area contributed by atoms with E-state index < -0.39 is 0 Å². The summed E-state index contributed by atoms with van der Waals surface area (Å²) in [6.07, 6.45) is 12.7. The summed E-state index contributed by atoms with van der Waals surface area (Å²) in [6, 6.07) is 0. The molecule has 0 aromatic rings. The van der Waals surface area contributed by atoms with E-state index >= 15 is 0 Å². The highest BCUT2D eigenvalue weighted by atomic mass is 15.1. The average molecular weight is 254 g/mol. The quantitative estimate of drug-likeness (QED) is 0.566. The molecule has 1 saturated carbocycles. The highest BCUT2D eigenvalue weighted by Gasteiger charge is 2.16. The highest BCUT2D eigenvalue weighted by molar-refractivity contribution is 4.70. The normalized spacial score (nSPS) is 16.8. The molecule has 0 spiro atoms. The fourth-order valence-electron chi connectivity index (χ4n) is 3.01. The zero-order chi connectivity index (χ0) is 13.1. The molecule has 18 heavy (non-hydrogen) atoms. The van der Waals surface area contributed by atoms with Crippen LogP contribution >= 0.6 is 0 Å². The third-order valence-corrected chi connectivity index (χ3v) is 4.11. The number of hydrogen-bond acceptors (Lipinski definition) is 2. The first-order valence-electron chi connectivity index (χ1n) is 8.22. The van der Waals surface area contributed by atoms with Crippen molar-refractivity contribution >= 4 is 0 Å². The third-order valence-electron chi connectivity index (χ3n) is 4.11. The topological polar surface area (TPSA) is 15.3 Å². The van der Waals surface area contributed by atoms with E-state index in [9.17, 15) is 0 Å².